The third-order valence-electron chi connectivity index (χ3n) is 4.21. The number of guanidine groups is 1. The maximum atomic E-state index is 13.2. The van der Waals surface area contributed by atoms with Crippen molar-refractivity contribution in [3.8, 4) is 0 Å². The lowest BCUT2D eigenvalue weighted by atomic mass is 10.1. The molecule has 0 aliphatic rings. The first-order valence-corrected chi connectivity index (χ1v) is 8.60. The smallest absolute Gasteiger partial charge is 0.190 e. The van der Waals surface area contributed by atoms with Gasteiger partial charge in [0.1, 0.15) is 11.6 Å². The number of para-hydroxylation sites is 1. The van der Waals surface area contributed by atoms with Gasteiger partial charge in [0.15, 0.2) is 5.96 Å². The minimum atomic E-state index is -0.554. The largest absolute Gasteiger partial charge is 0.361 e. The molecule has 0 radical (unpaired) electrons. The van der Waals surface area contributed by atoms with Gasteiger partial charge in [0.25, 0.3) is 0 Å². The first kappa shape index (κ1) is 21.1. The summed E-state index contributed by atoms with van der Waals surface area (Å²) in [6.45, 7) is 1.27. The monoisotopic (exact) mass is 484 g/mol. The summed E-state index contributed by atoms with van der Waals surface area (Å²) in [6, 6.07) is 11.8. The standard InChI is InChI=1S/C20H22F2N4.HI/c1-23-20(24-8-6-14-10-16(21)12-17(22)11-14)25-9-7-15-13-26-19-5-3-2-4-18(15)19;/h2-5,10-13,26H,6-9H2,1H3,(H2,23,24,25);1H. The SMILES string of the molecule is CN=C(NCCc1cc(F)cc(F)c1)NCCc1c[nH]c2ccccc12.I. The molecule has 0 aliphatic carbocycles. The van der Waals surface area contributed by atoms with Crippen LogP contribution >= 0.6 is 24.0 Å². The lowest BCUT2D eigenvalue weighted by Gasteiger charge is -2.12. The molecule has 0 fully saturated rings. The molecule has 2 aromatic carbocycles. The summed E-state index contributed by atoms with van der Waals surface area (Å²) in [7, 11) is 1.70. The van der Waals surface area contributed by atoms with Crippen molar-refractivity contribution in [3.63, 3.8) is 0 Å². The van der Waals surface area contributed by atoms with E-state index >= 15 is 0 Å². The molecule has 1 heterocycles. The second-order valence-corrected chi connectivity index (χ2v) is 6.06. The zero-order valence-electron chi connectivity index (χ0n) is 15.1. The Labute approximate surface area is 174 Å². The third-order valence-corrected chi connectivity index (χ3v) is 4.21. The lowest BCUT2D eigenvalue weighted by Crippen LogP contribution is -2.39. The molecule has 0 unspecified atom stereocenters. The van der Waals surface area contributed by atoms with Crippen LogP contribution in [0.1, 0.15) is 11.1 Å². The van der Waals surface area contributed by atoms with Crippen molar-refractivity contribution in [3.05, 3.63) is 71.4 Å². The number of nitrogens with zero attached hydrogens (tertiary/aromatic N) is 1. The minimum Gasteiger partial charge on any atom is -0.361 e. The van der Waals surface area contributed by atoms with Crippen LogP contribution in [0.15, 0.2) is 53.7 Å². The van der Waals surface area contributed by atoms with Crippen LogP contribution < -0.4 is 10.6 Å². The predicted octanol–water partition coefficient (Wildman–Crippen LogP) is 4.01. The average Bonchev–Trinajstić information content (AvgIpc) is 3.03. The summed E-state index contributed by atoms with van der Waals surface area (Å²) in [5.74, 6) is -0.441. The average molecular weight is 484 g/mol. The number of rotatable bonds is 6. The number of benzene rings is 2. The van der Waals surface area contributed by atoms with E-state index in [-0.39, 0.29) is 24.0 Å². The Kier molecular flexibility index (Phi) is 8.02. The van der Waals surface area contributed by atoms with Gasteiger partial charge in [0.2, 0.25) is 0 Å². The molecule has 3 N–H and O–H groups in total. The molecule has 7 heteroatoms. The lowest BCUT2D eigenvalue weighted by molar-refractivity contribution is 0.579. The fourth-order valence-electron chi connectivity index (χ4n) is 2.96. The Hall–Kier alpha value is -2.16. The maximum Gasteiger partial charge on any atom is 0.190 e. The highest BCUT2D eigenvalue weighted by molar-refractivity contribution is 14.0. The quantitative estimate of drug-likeness (QED) is 0.282. The molecule has 1 aromatic heterocycles. The van der Waals surface area contributed by atoms with Gasteiger partial charge in [-0.15, -0.1) is 24.0 Å². The Morgan fingerprint density at radius 3 is 2.37 bits per heavy atom. The van der Waals surface area contributed by atoms with Crippen molar-refractivity contribution in [1.82, 2.24) is 15.6 Å². The van der Waals surface area contributed by atoms with E-state index in [2.05, 4.69) is 32.7 Å². The summed E-state index contributed by atoms with van der Waals surface area (Å²) >= 11 is 0. The highest BCUT2D eigenvalue weighted by Gasteiger charge is 2.04. The van der Waals surface area contributed by atoms with Crippen LogP contribution in [0.3, 0.4) is 0 Å². The highest BCUT2D eigenvalue weighted by atomic mass is 127. The zero-order chi connectivity index (χ0) is 18.4. The first-order valence-electron chi connectivity index (χ1n) is 8.60. The molecule has 0 saturated carbocycles. The van der Waals surface area contributed by atoms with Crippen LogP contribution in [-0.2, 0) is 12.8 Å². The molecule has 144 valence electrons. The molecule has 0 atom stereocenters. The Morgan fingerprint density at radius 1 is 1.00 bits per heavy atom. The molecule has 0 saturated heterocycles. The Balaban J connectivity index is 0.00000261. The van der Waals surface area contributed by atoms with E-state index in [1.165, 1.54) is 23.1 Å². The van der Waals surface area contributed by atoms with Gasteiger partial charge in [-0.25, -0.2) is 8.78 Å². The Morgan fingerprint density at radius 2 is 1.67 bits per heavy atom. The number of H-pyrrole nitrogens is 1. The summed E-state index contributed by atoms with van der Waals surface area (Å²) in [5.41, 5.74) is 3.00. The number of hydrogen-bond donors (Lipinski definition) is 3. The van der Waals surface area contributed by atoms with Crippen LogP contribution in [-0.4, -0.2) is 31.1 Å². The fourth-order valence-corrected chi connectivity index (χ4v) is 2.96. The van der Waals surface area contributed by atoms with E-state index in [1.807, 2.05) is 18.3 Å². The molecule has 27 heavy (non-hydrogen) atoms. The van der Waals surface area contributed by atoms with Crippen molar-refractivity contribution < 1.29 is 8.78 Å². The van der Waals surface area contributed by atoms with Gasteiger partial charge in [-0.3, -0.25) is 4.99 Å². The van der Waals surface area contributed by atoms with Crippen molar-refractivity contribution >= 4 is 40.8 Å². The van der Waals surface area contributed by atoms with E-state index in [0.29, 0.717) is 24.5 Å². The van der Waals surface area contributed by atoms with Crippen LogP contribution in [0.4, 0.5) is 8.78 Å². The summed E-state index contributed by atoms with van der Waals surface area (Å²) in [6.07, 6.45) is 3.40. The molecule has 0 amide bonds. The molecule has 0 bridgehead atoms. The van der Waals surface area contributed by atoms with Gasteiger partial charge >= 0.3 is 0 Å². The van der Waals surface area contributed by atoms with Crippen LogP contribution in [0.25, 0.3) is 10.9 Å². The van der Waals surface area contributed by atoms with Crippen molar-refractivity contribution in [2.45, 2.75) is 12.8 Å². The fraction of sp³-hybridized carbons (Fsp3) is 0.250. The number of fused-ring (bicyclic) bond motifs is 1. The normalized spacial score (nSPS) is 11.3. The second-order valence-electron chi connectivity index (χ2n) is 6.06. The predicted molar refractivity (Wildman–Crippen MR) is 117 cm³/mol. The zero-order valence-corrected chi connectivity index (χ0v) is 17.4. The van der Waals surface area contributed by atoms with E-state index < -0.39 is 11.6 Å². The summed E-state index contributed by atoms with van der Waals surface area (Å²) < 4.78 is 26.4. The summed E-state index contributed by atoms with van der Waals surface area (Å²) in [4.78, 5) is 7.44. The third kappa shape index (κ3) is 5.92. The van der Waals surface area contributed by atoms with Gasteiger partial charge in [-0.05, 0) is 42.2 Å². The number of aromatic nitrogens is 1. The molecular formula is C20H23F2IN4. The van der Waals surface area contributed by atoms with Crippen LogP contribution in [0, 0.1) is 11.6 Å². The number of halogens is 3. The topological polar surface area (TPSA) is 52.2 Å². The first-order chi connectivity index (χ1) is 12.7. The van der Waals surface area contributed by atoms with Gasteiger partial charge in [-0.2, -0.15) is 0 Å². The van der Waals surface area contributed by atoms with Gasteiger partial charge in [0.05, 0.1) is 0 Å². The molecule has 0 spiro atoms. The van der Waals surface area contributed by atoms with Crippen molar-refractivity contribution in [2.24, 2.45) is 4.99 Å². The van der Waals surface area contributed by atoms with Gasteiger partial charge < -0.3 is 15.6 Å². The highest BCUT2D eigenvalue weighted by Crippen LogP contribution is 2.17. The van der Waals surface area contributed by atoms with E-state index in [1.54, 1.807) is 7.05 Å². The molecule has 3 rings (SSSR count). The molecule has 0 aliphatic heterocycles. The molecular weight excluding hydrogens is 461 g/mol. The van der Waals surface area contributed by atoms with Gasteiger partial charge in [-0.1, -0.05) is 18.2 Å². The number of aliphatic imine (C=N–C) groups is 1. The van der Waals surface area contributed by atoms with E-state index in [9.17, 15) is 8.78 Å². The Bertz CT molecular complexity index is 888. The van der Waals surface area contributed by atoms with E-state index in [4.69, 9.17) is 0 Å². The molecule has 3 aromatic rings. The van der Waals surface area contributed by atoms with Crippen molar-refractivity contribution in [1.29, 1.82) is 0 Å². The number of aromatic amines is 1. The number of nitrogens with one attached hydrogen (secondary N) is 3. The van der Waals surface area contributed by atoms with E-state index in [0.717, 1.165) is 24.5 Å². The van der Waals surface area contributed by atoms with Crippen molar-refractivity contribution in [2.75, 3.05) is 20.1 Å². The second kappa shape index (κ2) is 10.2. The van der Waals surface area contributed by atoms with Gasteiger partial charge in [0, 0.05) is 43.3 Å². The number of hydrogen-bond acceptors (Lipinski definition) is 1. The van der Waals surface area contributed by atoms with Crippen LogP contribution in [0.2, 0.25) is 0 Å². The summed E-state index contributed by atoms with van der Waals surface area (Å²) in [5, 5.41) is 7.65. The van der Waals surface area contributed by atoms with Crippen LogP contribution in [0.5, 0.6) is 0 Å². The molecule has 4 nitrogen and oxygen atoms in total. The maximum absolute atomic E-state index is 13.2. The minimum absolute atomic E-state index is 0.